The maximum Gasteiger partial charge on any atom is 0.274 e. The number of aryl methyl sites for hydroxylation is 1. The predicted octanol–water partition coefficient (Wildman–Crippen LogP) is 4.83. The number of anilines is 1. The number of thiophene rings is 1. The highest BCUT2D eigenvalue weighted by molar-refractivity contribution is 7.19. The summed E-state index contributed by atoms with van der Waals surface area (Å²) < 4.78 is 0.837. The Labute approximate surface area is 171 Å². The number of aliphatic imine (C=N–C) groups is 1. The summed E-state index contributed by atoms with van der Waals surface area (Å²) in [6.45, 7) is 15.0. The minimum atomic E-state index is -0.132. The molecule has 2 aromatic heterocycles. The number of rotatable bonds is 9. The Bertz CT molecular complexity index is 900. The van der Waals surface area contributed by atoms with Crippen molar-refractivity contribution in [3.05, 3.63) is 41.1 Å². The number of nitrogens with one attached hydrogen (secondary N) is 1. The standard InChI is InChI=1S/C21H29N5OS/c1-7-11-16(22-9-3)15(6)23-21-24-17-13-14(5)28-19(17)18(25-21)20(27)26(10-4)12-8-2/h7,9,11,13,15H,1,8,10,12H2,2-6H3,(H,23,24,25)/b16-11-,22-9-. The molecule has 1 unspecified atom stereocenters. The van der Waals surface area contributed by atoms with Gasteiger partial charge in [-0.05, 0) is 46.3 Å². The van der Waals surface area contributed by atoms with Crippen LogP contribution in [0.5, 0.6) is 0 Å². The smallest absolute Gasteiger partial charge is 0.274 e. The van der Waals surface area contributed by atoms with Crippen LogP contribution < -0.4 is 5.32 Å². The van der Waals surface area contributed by atoms with Crippen LogP contribution in [-0.4, -0.2) is 46.1 Å². The van der Waals surface area contributed by atoms with Crippen molar-refractivity contribution in [2.75, 3.05) is 18.4 Å². The molecule has 150 valence electrons. The molecule has 0 bridgehead atoms. The van der Waals surface area contributed by atoms with Gasteiger partial charge in [-0.25, -0.2) is 9.97 Å². The number of nitrogens with zero attached hydrogens (tertiary/aromatic N) is 4. The maximum absolute atomic E-state index is 13.1. The highest BCUT2D eigenvalue weighted by Gasteiger charge is 2.22. The number of allylic oxidation sites excluding steroid dienone is 2. The third-order valence-electron chi connectivity index (χ3n) is 4.22. The highest BCUT2D eigenvalue weighted by Crippen LogP contribution is 2.28. The molecule has 0 aliphatic heterocycles. The van der Waals surface area contributed by atoms with Crippen molar-refractivity contribution < 1.29 is 4.79 Å². The van der Waals surface area contributed by atoms with Gasteiger partial charge in [0.05, 0.1) is 22.0 Å². The molecular weight excluding hydrogens is 370 g/mol. The lowest BCUT2D eigenvalue weighted by Gasteiger charge is -2.20. The summed E-state index contributed by atoms with van der Waals surface area (Å²) in [5.41, 5.74) is 2.06. The van der Waals surface area contributed by atoms with E-state index in [4.69, 9.17) is 0 Å². The molecule has 0 saturated carbocycles. The summed E-state index contributed by atoms with van der Waals surface area (Å²) in [5.74, 6) is 0.373. The van der Waals surface area contributed by atoms with Crippen LogP contribution in [0.1, 0.15) is 49.5 Å². The second-order valence-electron chi connectivity index (χ2n) is 6.43. The van der Waals surface area contributed by atoms with Gasteiger partial charge in [-0.2, -0.15) is 0 Å². The third kappa shape index (κ3) is 5.04. The van der Waals surface area contributed by atoms with Crippen LogP contribution in [0, 0.1) is 6.92 Å². The van der Waals surface area contributed by atoms with Gasteiger partial charge in [0.25, 0.3) is 5.91 Å². The predicted molar refractivity (Wildman–Crippen MR) is 120 cm³/mol. The first-order chi connectivity index (χ1) is 13.4. The second-order valence-corrected chi connectivity index (χ2v) is 7.69. The topological polar surface area (TPSA) is 70.5 Å². The van der Waals surface area contributed by atoms with Crippen LogP contribution in [0.4, 0.5) is 5.95 Å². The van der Waals surface area contributed by atoms with Crippen LogP contribution in [-0.2, 0) is 0 Å². The molecule has 0 aliphatic rings. The molecule has 0 fully saturated rings. The molecule has 0 aromatic carbocycles. The number of fused-ring (bicyclic) bond motifs is 1. The molecule has 0 spiro atoms. The van der Waals surface area contributed by atoms with Crippen LogP contribution in [0.15, 0.2) is 35.5 Å². The molecule has 1 N–H and O–H groups in total. The van der Waals surface area contributed by atoms with Crippen LogP contribution in [0.25, 0.3) is 10.2 Å². The Hall–Kier alpha value is -2.54. The lowest BCUT2D eigenvalue weighted by atomic mass is 10.2. The zero-order valence-electron chi connectivity index (χ0n) is 17.3. The normalized spacial score (nSPS) is 13.1. The number of hydrogen-bond acceptors (Lipinski definition) is 6. The summed E-state index contributed by atoms with van der Waals surface area (Å²) in [6, 6.07) is 1.86. The molecule has 6 nitrogen and oxygen atoms in total. The van der Waals surface area contributed by atoms with E-state index >= 15 is 0 Å². The SMILES string of the molecule is C=C/C=C(\N=C/C)C(C)Nc1nc(C(=O)N(CC)CCC)c2sc(C)cc2n1. The largest absolute Gasteiger partial charge is 0.346 e. The molecule has 1 atom stereocenters. The summed E-state index contributed by atoms with van der Waals surface area (Å²) >= 11 is 1.55. The van der Waals surface area contributed by atoms with Crippen molar-refractivity contribution in [1.82, 2.24) is 14.9 Å². The van der Waals surface area contributed by atoms with Gasteiger partial charge in [0, 0.05) is 24.2 Å². The van der Waals surface area contributed by atoms with Gasteiger partial charge >= 0.3 is 0 Å². The fraction of sp³-hybridized carbons (Fsp3) is 0.429. The fourth-order valence-corrected chi connectivity index (χ4v) is 3.85. The first-order valence-corrected chi connectivity index (χ1v) is 10.4. The summed E-state index contributed by atoms with van der Waals surface area (Å²) in [6.07, 6.45) is 6.19. The zero-order valence-corrected chi connectivity index (χ0v) is 18.1. The fourth-order valence-electron chi connectivity index (χ4n) is 2.92. The molecule has 1 amide bonds. The molecule has 28 heavy (non-hydrogen) atoms. The van der Waals surface area contributed by atoms with Crippen LogP contribution in [0.3, 0.4) is 0 Å². The van der Waals surface area contributed by atoms with Gasteiger partial charge < -0.3 is 10.2 Å². The van der Waals surface area contributed by atoms with E-state index in [0.717, 1.165) is 27.2 Å². The third-order valence-corrected chi connectivity index (χ3v) is 5.26. The molecule has 0 saturated heterocycles. The van der Waals surface area contributed by atoms with Crippen molar-refractivity contribution in [3.63, 3.8) is 0 Å². The van der Waals surface area contributed by atoms with Crippen molar-refractivity contribution in [3.8, 4) is 0 Å². The zero-order chi connectivity index (χ0) is 20.7. The van der Waals surface area contributed by atoms with Crippen molar-refractivity contribution >= 4 is 39.6 Å². The average Bonchev–Trinajstić information content (AvgIpc) is 3.04. The first kappa shape index (κ1) is 21.8. The monoisotopic (exact) mass is 399 g/mol. The quantitative estimate of drug-likeness (QED) is 0.484. The average molecular weight is 400 g/mol. The first-order valence-electron chi connectivity index (χ1n) is 9.60. The number of carbonyl (C=O) groups is 1. The van der Waals surface area contributed by atoms with Gasteiger partial charge in [-0.15, -0.1) is 11.3 Å². The molecule has 7 heteroatoms. The Morgan fingerprint density at radius 3 is 2.79 bits per heavy atom. The van der Waals surface area contributed by atoms with Crippen molar-refractivity contribution in [2.45, 2.75) is 47.1 Å². The van der Waals surface area contributed by atoms with E-state index in [0.29, 0.717) is 24.7 Å². The Kier molecular flexibility index (Phi) is 7.87. The van der Waals surface area contributed by atoms with Crippen molar-refractivity contribution in [2.24, 2.45) is 4.99 Å². The number of hydrogen-bond donors (Lipinski definition) is 1. The maximum atomic E-state index is 13.1. The van der Waals surface area contributed by atoms with Crippen molar-refractivity contribution in [1.29, 1.82) is 0 Å². The minimum Gasteiger partial charge on any atom is -0.346 e. The molecule has 0 radical (unpaired) electrons. The Morgan fingerprint density at radius 1 is 1.43 bits per heavy atom. The molecule has 2 heterocycles. The lowest BCUT2D eigenvalue weighted by molar-refractivity contribution is 0.0761. The minimum absolute atomic E-state index is 0.0530. The van der Waals surface area contributed by atoms with Gasteiger partial charge in [0.15, 0.2) is 5.69 Å². The molecular formula is C21H29N5OS. The number of aromatic nitrogens is 2. The summed E-state index contributed by atoms with van der Waals surface area (Å²) in [7, 11) is 0. The van der Waals surface area contributed by atoms with E-state index in [2.05, 4.69) is 33.8 Å². The summed E-state index contributed by atoms with van der Waals surface area (Å²) in [4.78, 5) is 29.7. The van der Waals surface area contributed by atoms with E-state index in [1.54, 1.807) is 23.6 Å². The van der Waals surface area contributed by atoms with Gasteiger partial charge in [-0.1, -0.05) is 19.6 Å². The van der Waals surface area contributed by atoms with Gasteiger partial charge in [-0.3, -0.25) is 9.79 Å². The Balaban J connectivity index is 2.47. The van der Waals surface area contributed by atoms with E-state index in [1.165, 1.54) is 0 Å². The lowest BCUT2D eigenvalue weighted by Crippen LogP contribution is -2.32. The molecule has 2 aromatic rings. The Morgan fingerprint density at radius 2 is 2.18 bits per heavy atom. The van der Waals surface area contributed by atoms with E-state index in [-0.39, 0.29) is 11.9 Å². The van der Waals surface area contributed by atoms with Gasteiger partial charge in [0.2, 0.25) is 5.95 Å². The number of carbonyl (C=O) groups excluding carboxylic acids is 1. The van der Waals surface area contributed by atoms with E-state index in [1.807, 2.05) is 44.7 Å². The van der Waals surface area contributed by atoms with E-state index < -0.39 is 0 Å². The van der Waals surface area contributed by atoms with Crippen LogP contribution in [0.2, 0.25) is 0 Å². The molecule has 0 aliphatic carbocycles. The van der Waals surface area contributed by atoms with E-state index in [9.17, 15) is 4.79 Å². The van der Waals surface area contributed by atoms with Crippen LogP contribution >= 0.6 is 11.3 Å². The van der Waals surface area contributed by atoms with Gasteiger partial charge in [0.1, 0.15) is 0 Å². The number of amides is 1. The summed E-state index contributed by atoms with van der Waals surface area (Å²) in [5, 5.41) is 3.28. The second kappa shape index (κ2) is 10.1. The molecule has 2 rings (SSSR count). The highest BCUT2D eigenvalue weighted by atomic mass is 32.1.